The largest absolute Gasteiger partial charge is 0.467 e. The fourth-order valence-corrected chi connectivity index (χ4v) is 4.63. The summed E-state index contributed by atoms with van der Waals surface area (Å²) in [4.78, 5) is 18.2. The fourth-order valence-electron chi connectivity index (χ4n) is 3.66. The first kappa shape index (κ1) is 24.9. The van der Waals surface area contributed by atoms with Crippen LogP contribution < -0.4 is 11.3 Å². The molecule has 3 aromatic rings. The summed E-state index contributed by atoms with van der Waals surface area (Å²) in [6, 6.07) is 16.7. The maximum absolute atomic E-state index is 12.4. The number of hydrogen-bond acceptors (Lipinski definition) is 7. The molecule has 8 heteroatoms. The van der Waals surface area contributed by atoms with Crippen molar-refractivity contribution in [2.24, 2.45) is 5.84 Å². The predicted molar refractivity (Wildman–Crippen MR) is 133 cm³/mol. The van der Waals surface area contributed by atoms with Gasteiger partial charge in [-0.3, -0.25) is 15.3 Å². The minimum Gasteiger partial charge on any atom is -0.467 e. The van der Waals surface area contributed by atoms with E-state index in [1.807, 2.05) is 49.4 Å². The van der Waals surface area contributed by atoms with Crippen molar-refractivity contribution in [1.82, 2.24) is 10.5 Å². The van der Waals surface area contributed by atoms with Crippen LogP contribution in [0, 0.1) is 5.41 Å². The normalized spacial score (nSPS) is 12.9. The van der Waals surface area contributed by atoms with Crippen molar-refractivity contribution < 1.29 is 14.4 Å². The van der Waals surface area contributed by atoms with E-state index in [2.05, 4.69) is 23.0 Å². The quantitative estimate of drug-likeness (QED) is 0.120. The summed E-state index contributed by atoms with van der Waals surface area (Å²) >= 11 is 1.66. The number of nitrogens with zero attached hydrogens (tertiary/aromatic N) is 1. The summed E-state index contributed by atoms with van der Waals surface area (Å²) < 4.78 is 6.14. The molecular formula is C25H32N4O3S. The lowest BCUT2D eigenvalue weighted by atomic mass is 10.0. The van der Waals surface area contributed by atoms with Crippen molar-refractivity contribution in [3.63, 3.8) is 0 Å². The Labute approximate surface area is 198 Å². The molecule has 0 spiro atoms. The third kappa shape index (κ3) is 6.61. The van der Waals surface area contributed by atoms with Crippen molar-refractivity contribution in [1.29, 1.82) is 5.41 Å². The van der Waals surface area contributed by atoms with Gasteiger partial charge in [-0.05, 0) is 40.8 Å². The highest BCUT2D eigenvalue weighted by atomic mass is 32.1. The van der Waals surface area contributed by atoms with Gasteiger partial charge in [0.25, 0.3) is 0 Å². The summed E-state index contributed by atoms with van der Waals surface area (Å²) in [5, 5.41) is 13.3. The molecule has 0 aliphatic carbocycles. The van der Waals surface area contributed by atoms with Crippen molar-refractivity contribution in [3.8, 4) is 0 Å². The van der Waals surface area contributed by atoms with Gasteiger partial charge in [-0.15, -0.1) is 11.3 Å². The molecule has 2 aromatic carbocycles. The molecule has 0 saturated carbocycles. The molecule has 176 valence electrons. The second-order valence-corrected chi connectivity index (χ2v) is 8.79. The lowest BCUT2D eigenvalue weighted by Crippen LogP contribution is -2.56. The number of amidine groups is 1. The number of hydrazine groups is 1. The lowest BCUT2D eigenvalue weighted by Gasteiger charge is -2.31. The van der Waals surface area contributed by atoms with Gasteiger partial charge in [-0.1, -0.05) is 68.3 Å². The molecule has 0 radical (unpaired) electrons. The topological polar surface area (TPSA) is 101 Å². The van der Waals surface area contributed by atoms with Gasteiger partial charge in [0.15, 0.2) is 0 Å². The number of thiophene rings is 1. The molecule has 4 N–H and O–H groups in total. The van der Waals surface area contributed by atoms with Crippen LogP contribution in [0.15, 0.2) is 60.0 Å². The van der Waals surface area contributed by atoms with E-state index in [4.69, 9.17) is 20.8 Å². The van der Waals surface area contributed by atoms with Crippen molar-refractivity contribution in [2.45, 2.75) is 51.3 Å². The number of ether oxygens (including phenoxy) is 1. The van der Waals surface area contributed by atoms with Gasteiger partial charge in [-0.25, -0.2) is 10.6 Å². The van der Waals surface area contributed by atoms with Gasteiger partial charge >= 0.3 is 5.97 Å². The van der Waals surface area contributed by atoms with Crippen molar-refractivity contribution >= 4 is 33.2 Å². The average molecular weight is 469 g/mol. The molecule has 3 rings (SSSR count). The molecule has 33 heavy (non-hydrogen) atoms. The zero-order valence-electron chi connectivity index (χ0n) is 19.1. The zero-order chi connectivity index (χ0) is 23.6. The highest BCUT2D eigenvalue weighted by Gasteiger charge is 2.30. The van der Waals surface area contributed by atoms with E-state index in [0.717, 1.165) is 29.4 Å². The molecule has 2 atom stereocenters. The van der Waals surface area contributed by atoms with E-state index >= 15 is 0 Å². The molecule has 7 nitrogen and oxygen atoms in total. The van der Waals surface area contributed by atoms with Crippen LogP contribution in [0.5, 0.6) is 0 Å². The first-order valence-electron chi connectivity index (χ1n) is 11.1. The van der Waals surface area contributed by atoms with Crippen LogP contribution >= 0.6 is 11.3 Å². The molecule has 1 heterocycles. The third-order valence-electron chi connectivity index (χ3n) is 5.54. The van der Waals surface area contributed by atoms with E-state index in [0.29, 0.717) is 19.4 Å². The fraction of sp³-hybridized carbons (Fsp3) is 0.360. The Morgan fingerprint density at radius 1 is 1.18 bits per heavy atom. The first-order valence-corrected chi connectivity index (χ1v) is 12.0. The number of carbonyl (C=O) groups excluding carboxylic acids is 1. The Morgan fingerprint density at radius 2 is 1.91 bits per heavy atom. The number of fused-ring (bicyclic) bond motifs is 1. The SMILES string of the molecule is CCCC[C@@H](C(=O)OC)N(N)C(=N)[C@H](Cc1csc2ccccc12)NOCc1ccccc1. The number of nitrogens with two attached hydrogens (primary N) is 1. The van der Waals surface area contributed by atoms with E-state index in [-0.39, 0.29) is 5.84 Å². The molecule has 0 aliphatic rings. The monoisotopic (exact) mass is 468 g/mol. The Kier molecular flexibility index (Phi) is 9.38. The van der Waals surface area contributed by atoms with Crippen LogP contribution in [-0.4, -0.2) is 36.0 Å². The smallest absolute Gasteiger partial charge is 0.330 e. The Hall–Kier alpha value is -2.78. The second kappa shape index (κ2) is 12.5. The number of hydroxylamine groups is 1. The second-order valence-electron chi connectivity index (χ2n) is 7.88. The average Bonchev–Trinajstić information content (AvgIpc) is 3.26. The number of hydrogen-bond donors (Lipinski definition) is 3. The highest BCUT2D eigenvalue weighted by Crippen LogP contribution is 2.27. The Morgan fingerprint density at radius 3 is 2.64 bits per heavy atom. The molecule has 0 fully saturated rings. The Balaban J connectivity index is 1.79. The van der Waals surface area contributed by atoms with Crippen LogP contribution in [0.25, 0.3) is 10.1 Å². The van der Waals surface area contributed by atoms with Crippen molar-refractivity contribution in [2.75, 3.05) is 7.11 Å². The number of methoxy groups -OCH3 is 1. The maximum Gasteiger partial charge on any atom is 0.330 e. The minimum atomic E-state index is -0.722. The van der Waals surface area contributed by atoms with Gasteiger partial charge in [-0.2, -0.15) is 5.48 Å². The van der Waals surface area contributed by atoms with Crippen LogP contribution in [0.2, 0.25) is 0 Å². The van der Waals surface area contributed by atoms with Crippen LogP contribution in [-0.2, 0) is 27.4 Å². The van der Waals surface area contributed by atoms with Gasteiger partial charge in [0.05, 0.1) is 19.8 Å². The number of nitrogens with one attached hydrogen (secondary N) is 2. The zero-order valence-corrected chi connectivity index (χ0v) is 19.9. The molecule has 0 aliphatic heterocycles. The standard InChI is InChI=1S/C25H32N4O3S/c1-3-4-13-22(25(30)31-2)29(27)24(26)21(28-32-16-18-10-6-5-7-11-18)15-19-17-33-23-14-9-8-12-20(19)23/h5-12,14,17,21-22,26,28H,3-4,13,15-16,27H2,1-2H3/t21-,22-/m0/s1. The molecular weight excluding hydrogens is 436 g/mol. The predicted octanol–water partition coefficient (Wildman–Crippen LogP) is 4.42. The summed E-state index contributed by atoms with van der Waals surface area (Å²) in [7, 11) is 1.34. The third-order valence-corrected chi connectivity index (χ3v) is 6.55. The number of rotatable bonds is 12. The maximum atomic E-state index is 12.4. The van der Waals surface area contributed by atoms with Crippen LogP contribution in [0.3, 0.4) is 0 Å². The molecule has 0 unspecified atom stereocenters. The molecule has 0 bridgehead atoms. The number of carbonyl (C=O) groups is 1. The van der Waals surface area contributed by atoms with E-state index in [1.54, 1.807) is 11.3 Å². The summed E-state index contributed by atoms with van der Waals surface area (Å²) in [6.07, 6.45) is 2.73. The molecule has 1 aromatic heterocycles. The minimum absolute atomic E-state index is 0.0739. The summed E-state index contributed by atoms with van der Waals surface area (Å²) in [5.74, 6) is 5.95. The van der Waals surface area contributed by atoms with Crippen LogP contribution in [0.4, 0.5) is 0 Å². The highest BCUT2D eigenvalue weighted by molar-refractivity contribution is 7.17. The van der Waals surface area contributed by atoms with E-state index in [9.17, 15) is 4.79 Å². The van der Waals surface area contributed by atoms with Crippen LogP contribution in [0.1, 0.15) is 37.3 Å². The first-order chi connectivity index (χ1) is 16.0. The van der Waals surface area contributed by atoms with Gasteiger partial charge < -0.3 is 4.74 Å². The molecule has 0 saturated heterocycles. The van der Waals surface area contributed by atoms with Gasteiger partial charge in [0.1, 0.15) is 11.9 Å². The van der Waals surface area contributed by atoms with E-state index < -0.39 is 18.1 Å². The Bertz CT molecular complexity index is 1040. The van der Waals surface area contributed by atoms with Gasteiger partial charge in [0.2, 0.25) is 0 Å². The molecule has 0 amide bonds. The van der Waals surface area contributed by atoms with Gasteiger partial charge in [0, 0.05) is 4.70 Å². The van der Waals surface area contributed by atoms with E-state index in [1.165, 1.54) is 16.8 Å². The summed E-state index contributed by atoms with van der Waals surface area (Å²) in [5.41, 5.74) is 5.13. The summed E-state index contributed by atoms with van der Waals surface area (Å²) in [6.45, 7) is 2.39. The number of benzene rings is 2. The number of unbranched alkanes of at least 4 members (excludes halogenated alkanes) is 1. The van der Waals surface area contributed by atoms with Crippen molar-refractivity contribution in [3.05, 3.63) is 71.1 Å². The lowest BCUT2D eigenvalue weighted by molar-refractivity contribution is -0.146. The number of esters is 1.